The van der Waals surface area contributed by atoms with Crippen molar-refractivity contribution in [2.24, 2.45) is 0 Å². The summed E-state index contributed by atoms with van der Waals surface area (Å²) in [6, 6.07) is 1.62. The number of rotatable bonds is 0. The summed E-state index contributed by atoms with van der Waals surface area (Å²) in [4.78, 5) is 3.76. The van der Waals surface area contributed by atoms with Crippen LogP contribution in [0.4, 0.5) is 0 Å². The molecule has 0 amide bonds. The van der Waals surface area contributed by atoms with Crippen LogP contribution in [0.5, 0.6) is 0 Å². The number of hydrogen-bond acceptors (Lipinski definition) is 1. The van der Waals surface area contributed by atoms with Crippen molar-refractivity contribution in [2.45, 2.75) is 0 Å². The van der Waals surface area contributed by atoms with E-state index in [1.165, 1.54) is 0 Å². The second kappa shape index (κ2) is 2.60. The quantitative estimate of drug-likeness (QED) is 0.538. The second-order valence-electron chi connectivity index (χ2n) is 1.87. The minimum absolute atomic E-state index is 0.317. The molecule has 0 aliphatic rings. The lowest BCUT2D eigenvalue weighted by molar-refractivity contribution is 1.28. The molecule has 0 N–H and O–H groups in total. The van der Waals surface area contributed by atoms with Crippen LogP contribution in [0, 0.1) is 0 Å². The molecule has 0 unspecified atom stereocenters. The maximum Gasteiger partial charge on any atom is 0.138 e. The standard InChI is InChI=1S/C7H5Cl2N/c1-4-3-6(8)10-7(9)5(4)2/h3H,1-2H2. The number of pyridine rings is 1. The van der Waals surface area contributed by atoms with Crippen molar-refractivity contribution in [3.05, 3.63) is 26.8 Å². The normalized spacial score (nSPS) is 9.80. The smallest absolute Gasteiger partial charge is 0.138 e. The highest BCUT2D eigenvalue weighted by molar-refractivity contribution is 6.32. The van der Waals surface area contributed by atoms with E-state index in [1.807, 2.05) is 0 Å². The Morgan fingerprint density at radius 2 is 1.90 bits per heavy atom. The zero-order valence-electron chi connectivity index (χ0n) is 5.19. The molecule has 0 saturated carbocycles. The first kappa shape index (κ1) is 7.58. The molecule has 1 heterocycles. The van der Waals surface area contributed by atoms with E-state index in [9.17, 15) is 0 Å². The van der Waals surface area contributed by atoms with Crippen molar-refractivity contribution < 1.29 is 0 Å². The molecule has 0 saturated heterocycles. The molecule has 0 atom stereocenters. The van der Waals surface area contributed by atoms with Crippen molar-refractivity contribution >= 4 is 36.4 Å². The monoisotopic (exact) mass is 173 g/mol. The Bertz CT molecular complexity index is 345. The third kappa shape index (κ3) is 1.31. The van der Waals surface area contributed by atoms with E-state index in [0.29, 0.717) is 20.7 Å². The van der Waals surface area contributed by atoms with Crippen LogP contribution in [0.25, 0.3) is 13.2 Å². The maximum absolute atomic E-state index is 5.62. The summed E-state index contributed by atoms with van der Waals surface area (Å²) in [5.74, 6) is 0. The fraction of sp³-hybridized carbons (Fsp3) is 0. The molecular weight excluding hydrogens is 169 g/mol. The number of halogens is 2. The van der Waals surface area contributed by atoms with Gasteiger partial charge in [0.1, 0.15) is 10.3 Å². The molecule has 0 fully saturated rings. The summed E-state index contributed by atoms with van der Waals surface area (Å²) in [7, 11) is 0. The van der Waals surface area contributed by atoms with Crippen LogP contribution in [-0.2, 0) is 0 Å². The Morgan fingerprint density at radius 3 is 2.40 bits per heavy atom. The fourth-order valence-electron chi connectivity index (χ4n) is 0.557. The molecule has 1 aromatic heterocycles. The molecule has 0 aromatic carbocycles. The molecule has 0 bridgehead atoms. The van der Waals surface area contributed by atoms with Gasteiger partial charge in [0.25, 0.3) is 0 Å². The van der Waals surface area contributed by atoms with Crippen LogP contribution in [0.1, 0.15) is 0 Å². The summed E-state index contributed by atoms with van der Waals surface area (Å²) in [6.45, 7) is 7.32. The van der Waals surface area contributed by atoms with Crippen molar-refractivity contribution in [3.8, 4) is 0 Å². The lowest BCUT2D eigenvalue weighted by Gasteiger charge is -1.91. The highest BCUT2D eigenvalue weighted by Crippen LogP contribution is 2.01. The predicted molar refractivity (Wildman–Crippen MR) is 44.6 cm³/mol. The number of hydrogen-bond donors (Lipinski definition) is 0. The molecule has 0 radical (unpaired) electrons. The van der Waals surface area contributed by atoms with Gasteiger partial charge in [-0.1, -0.05) is 36.4 Å². The Labute approximate surface area is 68.6 Å². The van der Waals surface area contributed by atoms with Gasteiger partial charge < -0.3 is 0 Å². The molecule has 0 aliphatic heterocycles. The average Bonchev–Trinajstić information content (AvgIpc) is 1.82. The fourth-order valence-corrected chi connectivity index (χ4v) is 1.03. The van der Waals surface area contributed by atoms with E-state index in [4.69, 9.17) is 23.2 Å². The highest BCUT2D eigenvalue weighted by Gasteiger charge is 1.93. The summed E-state index contributed by atoms with van der Waals surface area (Å²) >= 11 is 11.2. The zero-order valence-corrected chi connectivity index (χ0v) is 6.71. The van der Waals surface area contributed by atoms with Gasteiger partial charge in [-0.15, -0.1) is 0 Å². The molecule has 3 heteroatoms. The van der Waals surface area contributed by atoms with Crippen LogP contribution in [0.15, 0.2) is 6.07 Å². The van der Waals surface area contributed by atoms with Gasteiger partial charge >= 0.3 is 0 Å². The van der Waals surface area contributed by atoms with Crippen LogP contribution in [0.3, 0.4) is 0 Å². The van der Waals surface area contributed by atoms with E-state index >= 15 is 0 Å². The van der Waals surface area contributed by atoms with E-state index in [2.05, 4.69) is 18.1 Å². The van der Waals surface area contributed by atoms with Crippen molar-refractivity contribution in [2.75, 3.05) is 0 Å². The van der Waals surface area contributed by atoms with Gasteiger partial charge in [0, 0.05) is 5.22 Å². The molecule has 0 aliphatic carbocycles. The summed E-state index contributed by atoms with van der Waals surface area (Å²) in [5.41, 5.74) is 0. The Balaban J connectivity index is 3.62. The first-order chi connectivity index (χ1) is 4.61. The van der Waals surface area contributed by atoms with E-state index in [-0.39, 0.29) is 0 Å². The largest absolute Gasteiger partial charge is 0.224 e. The lowest BCUT2D eigenvalue weighted by atomic mass is 10.3. The van der Waals surface area contributed by atoms with Gasteiger partial charge in [-0.25, -0.2) is 4.98 Å². The first-order valence-corrected chi connectivity index (χ1v) is 3.37. The number of nitrogens with zero attached hydrogens (tertiary/aromatic N) is 1. The number of aromatic nitrogens is 1. The Morgan fingerprint density at radius 1 is 1.30 bits per heavy atom. The Kier molecular flexibility index (Phi) is 1.97. The molecule has 1 nitrogen and oxygen atoms in total. The SMILES string of the molecule is C=c1cc(Cl)nc(Cl)c1=C. The van der Waals surface area contributed by atoms with Crippen LogP contribution >= 0.6 is 23.2 Å². The highest BCUT2D eigenvalue weighted by atomic mass is 35.5. The zero-order chi connectivity index (χ0) is 7.72. The topological polar surface area (TPSA) is 12.9 Å². The predicted octanol–water partition coefficient (Wildman–Crippen LogP) is 1.21. The minimum atomic E-state index is 0.317. The first-order valence-electron chi connectivity index (χ1n) is 2.61. The second-order valence-corrected chi connectivity index (χ2v) is 2.62. The average molecular weight is 174 g/mol. The van der Waals surface area contributed by atoms with Gasteiger partial charge in [-0.05, 0) is 11.3 Å². The van der Waals surface area contributed by atoms with Crippen molar-refractivity contribution in [1.29, 1.82) is 0 Å². The maximum atomic E-state index is 5.62. The molecule has 1 aromatic rings. The molecule has 0 spiro atoms. The van der Waals surface area contributed by atoms with E-state index in [1.54, 1.807) is 6.07 Å². The van der Waals surface area contributed by atoms with Crippen molar-refractivity contribution in [1.82, 2.24) is 4.98 Å². The lowest BCUT2D eigenvalue weighted by Crippen LogP contribution is -2.23. The van der Waals surface area contributed by atoms with E-state index < -0.39 is 0 Å². The van der Waals surface area contributed by atoms with E-state index in [0.717, 1.165) is 0 Å². The third-order valence-corrected chi connectivity index (χ3v) is 1.64. The van der Waals surface area contributed by atoms with Gasteiger partial charge in [0.15, 0.2) is 0 Å². The van der Waals surface area contributed by atoms with Gasteiger partial charge in [-0.2, -0.15) is 0 Å². The van der Waals surface area contributed by atoms with Crippen molar-refractivity contribution in [3.63, 3.8) is 0 Å². The molecule has 10 heavy (non-hydrogen) atoms. The molecule has 1 rings (SSSR count). The molecular formula is C7H5Cl2N. The van der Waals surface area contributed by atoms with Gasteiger partial charge in [0.2, 0.25) is 0 Å². The van der Waals surface area contributed by atoms with Crippen LogP contribution in [-0.4, -0.2) is 4.98 Å². The minimum Gasteiger partial charge on any atom is -0.224 e. The van der Waals surface area contributed by atoms with Gasteiger partial charge in [-0.3, -0.25) is 0 Å². The molecule has 52 valence electrons. The van der Waals surface area contributed by atoms with Crippen LogP contribution < -0.4 is 10.4 Å². The van der Waals surface area contributed by atoms with Crippen LogP contribution in [0.2, 0.25) is 10.3 Å². The summed E-state index contributed by atoms with van der Waals surface area (Å²) in [6.07, 6.45) is 0. The van der Waals surface area contributed by atoms with Gasteiger partial charge in [0.05, 0.1) is 0 Å². The summed E-state index contributed by atoms with van der Waals surface area (Å²) in [5, 5.41) is 2.01. The Hall–Kier alpha value is -0.530. The third-order valence-electron chi connectivity index (χ3n) is 1.13. The summed E-state index contributed by atoms with van der Waals surface area (Å²) < 4.78 is 0.